The number of rotatable bonds is 7. The molecule has 0 aliphatic rings. The Hall–Kier alpha value is -3.13. The number of benzene rings is 3. The van der Waals surface area contributed by atoms with Crippen LogP contribution < -0.4 is 10.1 Å². The van der Waals surface area contributed by atoms with Crippen molar-refractivity contribution in [3.05, 3.63) is 94.7 Å². The molecule has 0 saturated carbocycles. The molecule has 4 rings (SSSR count). The highest BCUT2D eigenvalue weighted by Gasteiger charge is 2.21. The lowest BCUT2D eigenvalue weighted by molar-refractivity contribution is -0.113. The van der Waals surface area contributed by atoms with Gasteiger partial charge in [0.15, 0.2) is 9.84 Å². The van der Waals surface area contributed by atoms with E-state index < -0.39 is 21.5 Å². The van der Waals surface area contributed by atoms with Gasteiger partial charge in [0.05, 0.1) is 15.6 Å². The minimum atomic E-state index is -3.79. The highest BCUT2D eigenvalue weighted by Crippen LogP contribution is 2.34. The molecule has 1 heterocycles. The maximum absolute atomic E-state index is 12.5. The third-order valence-electron chi connectivity index (χ3n) is 4.90. The van der Waals surface area contributed by atoms with E-state index in [2.05, 4.69) is 10.3 Å². The Morgan fingerprint density at radius 1 is 0.970 bits per heavy atom. The topological polar surface area (TPSA) is 85.4 Å². The number of nitrogens with zero attached hydrogens (tertiary/aromatic N) is 1. The monoisotopic (exact) mass is 500 g/mol. The van der Waals surface area contributed by atoms with Crippen LogP contribution in [0.25, 0.3) is 10.8 Å². The molecule has 0 fully saturated rings. The van der Waals surface area contributed by atoms with Crippen molar-refractivity contribution in [3.63, 3.8) is 0 Å². The van der Waals surface area contributed by atoms with Crippen LogP contribution in [0.15, 0.2) is 84.0 Å². The highest BCUT2D eigenvalue weighted by molar-refractivity contribution is 7.92. The number of anilines is 1. The van der Waals surface area contributed by atoms with Crippen LogP contribution in [-0.2, 0) is 21.2 Å². The second-order valence-electron chi connectivity index (χ2n) is 7.15. The Bertz CT molecular complexity index is 1420. The van der Waals surface area contributed by atoms with Crippen LogP contribution in [0, 0.1) is 0 Å². The Morgan fingerprint density at radius 2 is 1.76 bits per heavy atom. The first-order valence-corrected chi connectivity index (χ1v) is 12.3. The molecule has 0 aliphatic heterocycles. The van der Waals surface area contributed by atoms with Gasteiger partial charge in [0, 0.05) is 33.8 Å². The summed E-state index contributed by atoms with van der Waals surface area (Å²) in [7, 11) is -3.79. The van der Waals surface area contributed by atoms with Gasteiger partial charge in [-0.05, 0) is 36.4 Å². The van der Waals surface area contributed by atoms with Gasteiger partial charge in [0.2, 0.25) is 5.91 Å². The van der Waals surface area contributed by atoms with Crippen LogP contribution in [0.2, 0.25) is 10.0 Å². The molecular formula is C24H18Cl2N2O4S. The number of sulfone groups is 1. The third kappa shape index (κ3) is 5.27. The van der Waals surface area contributed by atoms with E-state index in [1.807, 2.05) is 24.3 Å². The number of pyridine rings is 1. The fourth-order valence-electron chi connectivity index (χ4n) is 3.27. The van der Waals surface area contributed by atoms with Crippen LogP contribution >= 0.6 is 23.2 Å². The Morgan fingerprint density at radius 3 is 2.55 bits per heavy atom. The SMILES string of the molecule is O=C(CS(=O)(=O)c1ccccc1)Nc1ccc(Cl)c(COc2cccc3cnccc23)c1Cl. The molecule has 6 nitrogen and oxygen atoms in total. The van der Waals surface area contributed by atoms with E-state index in [1.54, 1.807) is 36.7 Å². The number of fused-ring (bicyclic) bond motifs is 1. The number of nitrogens with one attached hydrogen (secondary N) is 1. The average molecular weight is 501 g/mol. The predicted molar refractivity (Wildman–Crippen MR) is 130 cm³/mol. The smallest absolute Gasteiger partial charge is 0.240 e. The lowest BCUT2D eigenvalue weighted by Gasteiger charge is -2.15. The molecule has 0 atom stereocenters. The van der Waals surface area contributed by atoms with Crippen LogP contribution in [0.4, 0.5) is 5.69 Å². The molecule has 1 N–H and O–H groups in total. The van der Waals surface area contributed by atoms with Gasteiger partial charge < -0.3 is 10.1 Å². The predicted octanol–water partition coefficient (Wildman–Crippen LogP) is 5.53. The van der Waals surface area contributed by atoms with Crippen molar-refractivity contribution in [1.82, 2.24) is 4.98 Å². The Labute approximate surface area is 201 Å². The summed E-state index contributed by atoms with van der Waals surface area (Å²) in [5.74, 6) is -0.798. The van der Waals surface area contributed by atoms with E-state index in [0.717, 1.165) is 10.8 Å². The first-order chi connectivity index (χ1) is 15.8. The summed E-state index contributed by atoms with van der Waals surface area (Å²) in [5, 5.41) is 4.90. The van der Waals surface area contributed by atoms with Crippen molar-refractivity contribution < 1.29 is 17.9 Å². The quantitative estimate of drug-likeness (QED) is 0.360. The zero-order valence-electron chi connectivity index (χ0n) is 17.2. The first-order valence-electron chi connectivity index (χ1n) is 9.85. The second kappa shape index (κ2) is 9.79. The zero-order valence-corrected chi connectivity index (χ0v) is 19.5. The summed E-state index contributed by atoms with van der Waals surface area (Å²) in [6.45, 7) is 0.0468. The molecule has 0 unspecified atom stereocenters. The van der Waals surface area contributed by atoms with Crippen molar-refractivity contribution in [1.29, 1.82) is 0 Å². The summed E-state index contributed by atoms with van der Waals surface area (Å²) in [6.07, 6.45) is 3.41. The highest BCUT2D eigenvalue weighted by atomic mass is 35.5. The van der Waals surface area contributed by atoms with E-state index in [-0.39, 0.29) is 22.2 Å². The van der Waals surface area contributed by atoms with E-state index in [1.165, 1.54) is 18.2 Å². The van der Waals surface area contributed by atoms with Gasteiger partial charge in [-0.1, -0.05) is 53.5 Å². The molecule has 168 valence electrons. The van der Waals surface area contributed by atoms with Crippen LogP contribution in [0.1, 0.15) is 5.56 Å². The molecule has 0 saturated heterocycles. The minimum Gasteiger partial charge on any atom is -0.488 e. The lowest BCUT2D eigenvalue weighted by atomic mass is 10.1. The molecule has 0 spiro atoms. The van der Waals surface area contributed by atoms with Crippen LogP contribution in [-0.4, -0.2) is 25.1 Å². The van der Waals surface area contributed by atoms with E-state index >= 15 is 0 Å². The van der Waals surface area contributed by atoms with Gasteiger partial charge in [0.1, 0.15) is 18.1 Å². The number of carbonyl (C=O) groups is 1. The maximum atomic E-state index is 12.5. The average Bonchev–Trinajstić information content (AvgIpc) is 2.81. The van der Waals surface area contributed by atoms with Crippen molar-refractivity contribution in [2.24, 2.45) is 0 Å². The molecule has 4 aromatic rings. The fraction of sp³-hybridized carbons (Fsp3) is 0.0833. The third-order valence-corrected chi connectivity index (χ3v) is 7.31. The number of halogens is 2. The summed E-state index contributed by atoms with van der Waals surface area (Å²) < 4.78 is 30.9. The Kier molecular flexibility index (Phi) is 6.83. The van der Waals surface area contributed by atoms with Gasteiger partial charge in [-0.25, -0.2) is 8.42 Å². The molecule has 33 heavy (non-hydrogen) atoms. The summed E-state index contributed by atoms with van der Waals surface area (Å²) >= 11 is 12.8. The van der Waals surface area contributed by atoms with Crippen molar-refractivity contribution in [2.45, 2.75) is 11.5 Å². The molecule has 9 heteroatoms. The lowest BCUT2D eigenvalue weighted by Crippen LogP contribution is -2.23. The largest absolute Gasteiger partial charge is 0.488 e. The molecule has 1 amide bonds. The summed E-state index contributed by atoms with van der Waals surface area (Å²) in [5.41, 5.74) is 0.711. The van der Waals surface area contributed by atoms with Gasteiger partial charge in [0.25, 0.3) is 0 Å². The standard InChI is InChI=1S/C24H18Cl2N2O4S/c25-20-9-10-21(28-23(29)15-33(30,31)17-6-2-1-3-7-17)24(26)19(20)14-32-22-8-4-5-16-13-27-12-11-18(16)22/h1-13H,14-15H2,(H,28,29). The second-order valence-corrected chi connectivity index (χ2v) is 9.92. The van der Waals surface area contributed by atoms with Gasteiger partial charge >= 0.3 is 0 Å². The normalized spacial score (nSPS) is 11.3. The molecule has 0 radical (unpaired) electrons. The van der Waals surface area contributed by atoms with Gasteiger partial charge in [-0.2, -0.15) is 0 Å². The molecule has 0 bridgehead atoms. The van der Waals surface area contributed by atoms with Crippen molar-refractivity contribution >= 4 is 55.4 Å². The van der Waals surface area contributed by atoms with E-state index in [0.29, 0.717) is 16.3 Å². The van der Waals surface area contributed by atoms with Crippen molar-refractivity contribution in [3.8, 4) is 5.75 Å². The van der Waals surface area contributed by atoms with E-state index in [4.69, 9.17) is 27.9 Å². The van der Waals surface area contributed by atoms with Crippen LogP contribution in [0.3, 0.4) is 0 Å². The minimum absolute atomic E-state index is 0.0468. The molecule has 1 aromatic heterocycles. The first kappa shape index (κ1) is 23.0. The molecular weight excluding hydrogens is 483 g/mol. The summed E-state index contributed by atoms with van der Waals surface area (Å²) in [4.78, 5) is 16.6. The van der Waals surface area contributed by atoms with Crippen molar-refractivity contribution in [2.75, 3.05) is 11.1 Å². The number of amides is 1. The van der Waals surface area contributed by atoms with Gasteiger partial charge in [-0.3, -0.25) is 9.78 Å². The summed E-state index contributed by atoms with van der Waals surface area (Å²) in [6, 6.07) is 18.3. The number of ether oxygens (including phenoxy) is 1. The zero-order chi connectivity index (χ0) is 23.4. The molecule has 0 aliphatic carbocycles. The number of aromatic nitrogens is 1. The molecule has 3 aromatic carbocycles. The fourth-order valence-corrected chi connectivity index (χ4v) is 4.95. The number of hydrogen-bond donors (Lipinski definition) is 1. The maximum Gasteiger partial charge on any atom is 0.240 e. The van der Waals surface area contributed by atoms with Crippen LogP contribution in [0.5, 0.6) is 5.75 Å². The number of hydrogen-bond acceptors (Lipinski definition) is 5. The Balaban J connectivity index is 1.51. The number of carbonyl (C=O) groups excluding carboxylic acids is 1. The van der Waals surface area contributed by atoms with Gasteiger partial charge in [-0.15, -0.1) is 0 Å². The van der Waals surface area contributed by atoms with E-state index in [9.17, 15) is 13.2 Å².